The molecule has 1 aliphatic heterocycles. The fourth-order valence-corrected chi connectivity index (χ4v) is 5.80. The number of nitrogens with one attached hydrogen (secondary N) is 1. The molecule has 6 rings (SSSR count). The van der Waals surface area contributed by atoms with E-state index in [0.29, 0.717) is 12.3 Å². The molecule has 172 valence electrons. The van der Waals surface area contributed by atoms with E-state index in [-0.39, 0.29) is 5.91 Å². The molecule has 0 spiro atoms. The third-order valence-corrected chi connectivity index (χ3v) is 7.59. The van der Waals surface area contributed by atoms with Gasteiger partial charge in [0.15, 0.2) is 0 Å². The Labute approximate surface area is 208 Å². The van der Waals surface area contributed by atoms with Crippen molar-refractivity contribution in [2.75, 3.05) is 13.7 Å². The molecule has 0 radical (unpaired) electrons. The number of carbonyl (C=O) groups is 1. The topological polar surface area (TPSA) is 50.7 Å². The molecule has 0 saturated carbocycles. The Morgan fingerprint density at radius 2 is 1.71 bits per heavy atom. The lowest BCUT2D eigenvalue weighted by molar-refractivity contribution is -0.113. The number of methoxy groups -OCH3 is 1. The molecule has 35 heavy (non-hydrogen) atoms. The first kappa shape index (κ1) is 21.7. The summed E-state index contributed by atoms with van der Waals surface area (Å²) in [6.45, 7) is 0.624. The average Bonchev–Trinajstić information content (AvgIpc) is 3.39. The van der Waals surface area contributed by atoms with E-state index in [2.05, 4.69) is 72.0 Å². The second-order valence-electron chi connectivity index (χ2n) is 8.64. The number of nitrogens with zero attached hydrogens (tertiary/aromatic N) is 1. The zero-order valence-corrected chi connectivity index (χ0v) is 20.2. The molecule has 4 aromatic rings. The Bertz CT molecular complexity index is 1510. The highest BCUT2D eigenvalue weighted by Gasteiger charge is 2.37. The quantitative estimate of drug-likeness (QED) is 0.315. The summed E-state index contributed by atoms with van der Waals surface area (Å²) in [5.41, 5.74) is 5.85. The summed E-state index contributed by atoms with van der Waals surface area (Å²) in [4.78, 5) is 19.9. The molecule has 4 nitrogen and oxygen atoms in total. The van der Waals surface area contributed by atoms with Crippen LogP contribution in [0.5, 0.6) is 5.75 Å². The lowest BCUT2D eigenvalue weighted by Gasteiger charge is -2.12. The largest absolute Gasteiger partial charge is 0.497 e. The normalized spacial score (nSPS) is 15.1. The van der Waals surface area contributed by atoms with Crippen LogP contribution in [0.4, 0.5) is 0 Å². The van der Waals surface area contributed by atoms with E-state index in [1.54, 1.807) is 18.9 Å². The van der Waals surface area contributed by atoms with Crippen LogP contribution in [0.2, 0.25) is 0 Å². The van der Waals surface area contributed by atoms with Gasteiger partial charge in [-0.2, -0.15) is 0 Å². The number of fused-ring (bicyclic) bond motifs is 2. The second-order valence-corrected chi connectivity index (χ2v) is 9.76. The van der Waals surface area contributed by atoms with Crippen molar-refractivity contribution in [1.82, 2.24) is 5.32 Å². The van der Waals surface area contributed by atoms with Crippen molar-refractivity contribution in [2.45, 2.75) is 22.6 Å². The van der Waals surface area contributed by atoms with Crippen LogP contribution in [0.1, 0.15) is 23.1 Å². The van der Waals surface area contributed by atoms with Gasteiger partial charge in [-0.25, -0.2) is 0 Å². The third-order valence-electron chi connectivity index (χ3n) is 6.50. The first-order valence-electron chi connectivity index (χ1n) is 11.8. The lowest BCUT2D eigenvalue weighted by Crippen LogP contribution is -2.22. The van der Waals surface area contributed by atoms with Gasteiger partial charge in [0.25, 0.3) is 5.91 Å². The number of ether oxygens (including phenoxy) is 1. The van der Waals surface area contributed by atoms with Crippen molar-refractivity contribution in [3.8, 4) is 5.75 Å². The lowest BCUT2D eigenvalue weighted by atomic mass is 9.99. The zero-order chi connectivity index (χ0) is 23.8. The van der Waals surface area contributed by atoms with Crippen LogP contribution < -0.4 is 10.1 Å². The summed E-state index contributed by atoms with van der Waals surface area (Å²) < 4.78 is 5.29. The van der Waals surface area contributed by atoms with Gasteiger partial charge in [-0.05, 0) is 59.7 Å². The highest BCUT2D eigenvalue weighted by atomic mass is 32.2. The molecule has 1 heterocycles. The molecule has 0 atom stereocenters. The smallest absolute Gasteiger partial charge is 0.274 e. The van der Waals surface area contributed by atoms with E-state index in [9.17, 15) is 4.79 Å². The Morgan fingerprint density at radius 3 is 2.51 bits per heavy atom. The van der Waals surface area contributed by atoms with E-state index in [1.807, 2.05) is 18.2 Å². The van der Waals surface area contributed by atoms with Gasteiger partial charge in [0.05, 0.1) is 12.8 Å². The Hall–Kier alpha value is -3.83. The number of hydrogen-bond donors (Lipinski definition) is 1. The van der Waals surface area contributed by atoms with E-state index in [4.69, 9.17) is 9.73 Å². The zero-order valence-electron chi connectivity index (χ0n) is 19.4. The van der Waals surface area contributed by atoms with Gasteiger partial charge in [0.2, 0.25) is 0 Å². The first-order chi connectivity index (χ1) is 17.2. The maximum atomic E-state index is 12.8. The van der Waals surface area contributed by atoms with Gasteiger partial charge in [-0.15, -0.1) is 0 Å². The number of rotatable bonds is 7. The highest BCUT2D eigenvalue weighted by Crippen LogP contribution is 2.47. The highest BCUT2D eigenvalue weighted by molar-refractivity contribution is 7.99. The average molecular weight is 477 g/mol. The molecule has 1 amide bonds. The molecule has 1 N–H and O–H groups in total. The van der Waals surface area contributed by atoms with Crippen LogP contribution in [-0.2, 0) is 11.2 Å². The molecule has 0 saturated heterocycles. The minimum Gasteiger partial charge on any atom is -0.497 e. The predicted octanol–water partition coefficient (Wildman–Crippen LogP) is 6.38. The predicted molar refractivity (Wildman–Crippen MR) is 143 cm³/mol. The van der Waals surface area contributed by atoms with Gasteiger partial charge >= 0.3 is 0 Å². The van der Waals surface area contributed by atoms with Gasteiger partial charge < -0.3 is 10.1 Å². The first-order valence-corrected chi connectivity index (χ1v) is 12.6. The van der Waals surface area contributed by atoms with Crippen molar-refractivity contribution in [2.24, 2.45) is 4.99 Å². The summed E-state index contributed by atoms with van der Waals surface area (Å²) >= 11 is 1.73. The Morgan fingerprint density at radius 1 is 0.886 bits per heavy atom. The van der Waals surface area contributed by atoms with Crippen LogP contribution in [0, 0.1) is 0 Å². The van der Waals surface area contributed by atoms with Crippen LogP contribution >= 0.6 is 11.8 Å². The molecule has 1 aliphatic carbocycles. The maximum Gasteiger partial charge on any atom is 0.274 e. The standard InChI is InChI=1S/C30H24N2O2S/c1-34-20-12-14-21(15-13-20)35-25-17-16-23-26-22(25)10-5-11-24(26)28-27(23)29(30(33)32-28)31-18-6-9-19-7-3-2-4-8-19/h2-5,7-8,10-17H,6,9,18H2,1H3,(H,31,32,33). The summed E-state index contributed by atoms with van der Waals surface area (Å²) in [6.07, 6.45) is 1.86. The summed E-state index contributed by atoms with van der Waals surface area (Å²) in [5, 5.41) is 5.48. The van der Waals surface area contributed by atoms with E-state index >= 15 is 0 Å². The van der Waals surface area contributed by atoms with Crippen molar-refractivity contribution in [3.63, 3.8) is 0 Å². The molecule has 5 heteroatoms. The fourth-order valence-electron chi connectivity index (χ4n) is 4.86. The Balaban J connectivity index is 1.30. The summed E-state index contributed by atoms with van der Waals surface area (Å²) in [7, 11) is 1.68. The molecule has 0 bridgehead atoms. The maximum absolute atomic E-state index is 12.8. The number of hydrogen-bond acceptors (Lipinski definition) is 4. The SMILES string of the molecule is COc1ccc(Sc2ccc3c4c(cccc24)C2=C3C(=NCCCc3ccccc3)C(=O)N2)cc1. The Kier molecular flexibility index (Phi) is 5.63. The minimum absolute atomic E-state index is 0.103. The van der Waals surface area contributed by atoms with Crippen molar-refractivity contribution < 1.29 is 9.53 Å². The molecule has 0 aromatic heterocycles. The van der Waals surface area contributed by atoms with Crippen molar-refractivity contribution in [3.05, 3.63) is 102 Å². The van der Waals surface area contributed by atoms with E-state index in [1.165, 1.54) is 21.2 Å². The van der Waals surface area contributed by atoms with Crippen LogP contribution in [0.3, 0.4) is 0 Å². The van der Waals surface area contributed by atoms with E-state index < -0.39 is 0 Å². The molecule has 4 aromatic carbocycles. The van der Waals surface area contributed by atoms with Crippen LogP contribution in [-0.4, -0.2) is 25.3 Å². The molecule has 0 unspecified atom stereocenters. The monoisotopic (exact) mass is 476 g/mol. The van der Waals surface area contributed by atoms with Gasteiger partial charge in [0.1, 0.15) is 11.5 Å². The summed E-state index contributed by atoms with van der Waals surface area (Å²) in [6, 6.07) is 29.1. The third kappa shape index (κ3) is 3.92. The van der Waals surface area contributed by atoms with Gasteiger partial charge in [-0.3, -0.25) is 9.79 Å². The van der Waals surface area contributed by atoms with Gasteiger partial charge in [0, 0.05) is 32.9 Å². The summed E-state index contributed by atoms with van der Waals surface area (Å²) in [5.74, 6) is 0.746. The molecular weight excluding hydrogens is 452 g/mol. The number of aliphatic imine (C=N–C) groups is 1. The molecule has 2 aliphatic rings. The molecule has 0 fully saturated rings. The molecular formula is C30H24N2O2S. The van der Waals surface area contributed by atoms with E-state index in [0.717, 1.165) is 45.9 Å². The van der Waals surface area contributed by atoms with Crippen LogP contribution in [0.25, 0.3) is 22.0 Å². The van der Waals surface area contributed by atoms with Gasteiger partial charge in [-0.1, -0.05) is 66.4 Å². The number of aryl methyl sites for hydroxylation is 1. The minimum atomic E-state index is -0.103. The number of amides is 1. The number of benzene rings is 4. The second kappa shape index (κ2) is 9.08. The van der Waals surface area contributed by atoms with Crippen LogP contribution in [0.15, 0.2) is 99.7 Å². The van der Waals surface area contributed by atoms with Crippen molar-refractivity contribution in [1.29, 1.82) is 0 Å². The number of carbonyl (C=O) groups excluding carboxylic acids is 1. The fraction of sp³-hybridized carbons (Fsp3) is 0.133. The van der Waals surface area contributed by atoms with Crippen molar-refractivity contribution >= 4 is 45.4 Å².